The number of hydrogen-bond acceptors (Lipinski definition) is 1. The summed E-state index contributed by atoms with van der Waals surface area (Å²) in [6, 6.07) is 0. The molecule has 0 aliphatic heterocycles. The van der Waals surface area contributed by atoms with Crippen LogP contribution in [0.15, 0.2) is 12.2 Å². The van der Waals surface area contributed by atoms with Gasteiger partial charge in [-0.05, 0) is 25.7 Å². The van der Waals surface area contributed by atoms with Gasteiger partial charge in [0.05, 0.1) is 0 Å². The Morgan fingerprint density at radius 2 is 1.77 bits per heavy atom. The van der Waals surface area contributed by atoms with Crippen LogP contribution >= 0.6 is 0 Å². The molecule has 0 fully saturated rings. The van der Waals surface area contributed by atoms with Crippen molar-refractivity contribution >= 4 is 5.91 Å². The molecule has 0 rings (SSSR count). The van der Waals surface area contributed by atoms with Gasteiger partial charge in [0.15, 0.2) is 0 Å². The molecule has 0 aliphatic rings. The molecule has 0 unspecified atom stereocenters. The minimum atomic E-state index is -0.195. The molecule has 0 aromatic rings. The summed E-state index contributed by atoms with van der Waals surface area (Å²) in [6.07, 6.45) is 11.8. The first-order valence-electron chi connectivity index (χ1n) is 5.20. The minimum absolute atomic E-state index is 0.195. The number of nitrogens with two attached hydrogens (primary N) is 1. The molecule has 0 aromatic carbocycles. The Labute approximate surface area is 81.2 Å². The van der Waals surface area contributed by atoms with Gasteiger partial charge in [-0.1, -0.05) is 31.9 Å². The van der Waals surface area contributed by atoms with Crippen molar-refractivity contribution in [1.82, 2.24) is 0 Å². The number of carbonyl (C=O) groups excluding carboxylic acids is 1. The van der Waals surface area contributed by atoms with Crippen molar-refractivity contribution in [2.75, 3.05) is 0 Å². The predicted octanol–water partition coefficient (Wildman–Crippen LogP) is 2.78. The Bertz CT molecular complexity index is 152. The zero-order chi connectivity index (χ0) is 9.94. The number of amides is 1. The molecule has 2 N–H and O–H groups in total. The highest BCUT2D eigenvalue weighted by Gasteiger charge is 1.90. The van der Waals surface area contributed by atoms with Crippen molar-refractivity contribution in [3.63, 3.8) is 0 Å². The summed E-state index contributed by atoms with van der Waals surface area (Å²) < 4.78 is 0. The zero-order valence-corrected chi connectivity index (χ0v) is 8.59. The molecular weight excluding hydrogens is 162 g/mol. The fourth-order valence-corrected chi connectivity index (χ4v) is 1.14. The van der Waals surface area contributed by atoms with E-state index in [-0.39, 0.29) is 5.91 Å². The molecular formula is C11H21NO. The first-order valence-corrected chi connectivity index (χ1v) is 5.20. The Morgan fingerprint density at radius 1 is 1.15 bits per heavy atom. The van der Waals surface area contributed by atoms with E-state index in [1.54, 1.807) is 0 Å². The van der Waals surface area contributed by atoms with Gasteiger partial charge in [-0.2, -0.15) is 0 Å². The van der Waals surface area contributed by atoms with Crippen molar-refractivity contribution in [1.29, 1.82) is 0 Å². The summed E-state index contributed by atoms with van der Waals surface area (Å²) in [6.45, 7) is 2.20. The maximum absolute atomic E-state index is 10.4. The smallest absolute Gasteiger partial charge is 0.217 e. The van der Waals surface area contributed by atoms with Crippen molar-refractivity contribution < 1.29 is 4.79 Å². The van der Waals surface area contributed by atoms with E-state index < -0.39 is 0 Å². The summed E-state index contributed by atoms with van der Waals surface area (Å²) in [5.74, 6) is -0.195. The second-order valence-electron chi connectivity index (χ2n) is 3.33. The van der Waals surface area contributed by atoms with E-state index in [4.69, 9.17) is 5.73 Å². The van der Waals surface area contributed by atoms with Gasteiger partial charge in [0.25, 0.3) is 0 Å². The molecule has 1 amide bonds. The van der Waals surface area contributed by atoms with Crippen LogP contribution in [0.5, 0.6) is 0 Å². The van der Waals surface area contributed by atoms with E-state index in [2.05, 4.69) is 19.1 Å². The van der Waals surface area contributed by atoms with Gasteiger partial charge < -0.3 is 5.73 Å². The standard InChI is InChI=1S/C11H21NO/c1-2-3-4-5-6-7-8-9-10-11(12)13/h6-7H,2-5,8-10H2,1H3,(H2,12,13)/b7-6+. The highest BCUT2D eigenvalue weighted by molar-refractivity contribution is 5.73. The Hall–Kier alpha value is -0.790. The van der Waals surface area contributed by atoms with Crippen LogP contribution in [0.25, 0.3) is 0 Å². The maximum Gasteiger partial charge on any atom is 0.217 e. The van der Waals surface area contributed by atoms with E-state index in [1.807, 2.05) is 0 Å². The van der Waals surface area contributed by atoms with E-state index in [0.717, 1.165) is 12.8 Å². The van der Waals surface area contributed by atoms with Crippen LogP contribution in [-0.2, 0) is 4.79 Å². The van der Waals surface area contributed by atoms with E-state index in [1.165, 1.54) is 25.7 Å². The number of hydrogen-bond donors (Lipinski definition) is 1. The summed E-state index contributed by atoms with van der Waals surface area (Å²) in [7, 11) is 0. The van der Waals surface area contributed by atoms with Crippen LogP contribution in [0.3, 0.4) is 0 Å². The number of carbonyl (C=O) groups is 1. The number of primary amides is 1. The number of unbranched alkanes of at least 4 members (excludes halogenated alkanes) is 4. The largest absolute Gasteiger partial charge is 0.370 e. The zero-order valence-electron chi connectivity index (χ0n) is 8.59. The van der Waals surface area contributed by atoms with Crippen molar-refractivity contribution in [3.05, 3.63) is 12.2 Å². The van der Waals surface area contributed by atoms with Crippen molar-refractivity contribution in [2.24, 2.45) is 5.73 Å². The highest BCUT2D eigenvalue weighted by Crippen LogP contribution is 2.01. The fraction of sp³-hybridized carbons (Fsp3) is 0.727. The lowest BCUT2D eigenvalue weighted by Crippen LogP contribution is -2.09. The van der Waals surface area contributed by atoms with Crippen molar-refractivity contribution in [3.8, 4) is 0 Å². The van der Waals surface area contributed by atoms with Gasteiger partial charge in [0, 0.05) is 6.42 Å². The molecule has 0 bridgehead atoms. The van der Waals surface area contributed by atoms with Crippen LogP contribution in [0.1, 0.15) is 51.9 Å². The predicted molar refractivity (Wildman–Crippen MR) is 56.3 cm³/mol. The lowest BCUT2D eigenvalue weighted by molar-refractivity contribution is -0.118. The highest BCUT2D eigenvalue weighted by atomic mass is 16.1. The second-order valence-corrected chi connectivity index (χ2v) is 3.33. The molecule has 2 nitrogen and oxygen atoms in total. The third-order valence-electron chi connectivity index (χ3n) is 1.93. The number of allylic oxidation sites excluding steroid dienone is 2. The molecule has 0 atom stereocenters. The van der Waals surface area contributed by atoms with E-state index in [0.29, 0.717) is 6.42 Å². The van der Waals surface area contributed by atoms with Crippen LogP contribution < -0.4 is 5.73 Å². The Kier molecular flexibility index (Phi) is 8.73. The topological polar surface area (TPSA) is 43.1 Å². The average molecular weight is 183 g/mol. The molecule has 0 saturated heterocycles. The van der Waals surface area contributed by atoms with Crippen LogP contribution in [0, 0.1) is 0 Å². The van der Waals surface area contributed by atoms with Crippen molar-refractivity contribution in [2.45, 2.75) is 51.9 Å². The van der Waals surface area contributed by atoms with Crippen LogP contribution in [0.4, 0.5) is 0 Å². The molecule has 0 aliphatic carbocycles. The Balaban J connectivity index is 3.08. The third-order valence-corrected chi connectivity index (χ3v) is 1.93. The summed E-state index contributed by atoms with van der Waals surface area (Å²) in [4.78, 5) is 10.4. The number of rotatable bonds is 8. The van der Waals surface area contributed by atoms with Gasteiger partial charge in [-0.15, -0.1) is 0 Å². The van der Waals surface area contributed by atoms with Gasteiger partial charge in [0.2, 0.25) is 5.91 Å². The summed E-state index contributed by atoms with van der Waals surface area (Å²) >= 11 is 0. The third kappa shape index (κ3) is 11.2. The maximum atomic E-state index is 10.4. The normalized spacial score (nSPS) is 10.8. The van der Waals surface area contributed by atoms with Gasteiger partial charge in [-0.3, -0.25) is 4.79 Å². The molecule has 0 spiro atoms. The van der Waals surface area contributed by atoms with E-state index in [9.17, 15) is 4.79 Å². The molecule has 0 heterocycles. The quantitative estimate of drug-likeness (QED) is 0.456. The fourth-order valence-electron chi connectivity index (χ4n) is 1.14. The lowest BCUT2D eigenvalue weighted by atomic mass is 10.1. The average Bonchev–Trinajstić information content (AvgIpc) is 2.09. The van der Waals surface area contributed by atoms with Gasteiger partial charge >= 0.3 is 0 Å². The van der Waals surface area contributed by atoms with Gasteiger partial charge in [-0.25, -0.2) is 0 Å². The molecule has 0 radical (unpaired) electrons. The first kappa shape index (κ1) is 12.2. The van der Waals surface area contributed by atoms with Crippen LogP contribution in [0.2, 0.25) is 0 Å². The molecule has 13 heavy (non-hydrogen) atoms. The molecule has 0 aromatic heterocycles. The lowest BCUT2D eigenvalue weighted by Gasteiger charge is -1.93. The van der Waals surface area contributed by atoms with Gasteiger partial charge in [0.1, 0.15) is 0 Å². The summed E-state index contributed by atoms with van der Waals surface area (Å²) in [5.41, 5.74) is 5.01. The van der Waals surface area contributed by atoms with Crippen LogP contribution in [-0.4, -0.2) is 5.91 Å². The minimum Gasteiger partial charge on any atom is -0.370 e. The SMILES string of the molecule is CCCCC/C=C/CCCC(N)=O. The Morgan fingerprint density at radius 3 is 2.31 bits per heavy atom. The molecule has 76 valence electrons. The molecule has 0 saturated carbocycles. The summed E-state index contributed by atoms with van der Waals surface area (Å²) in [5, 5.41) is 0. The first-order chi connectivity index (χ1) is 6.27. The monoisotopic (exact) mass is 183 g/mol. The molecule has 2 heteroatoms. The second kappa shape index (κ2) is 9.30. The van der Waals surface area contributed by atoms with E-state index >= 15 is 0 Å².